The molecule has 0 saturated carbocycles. The first kappa shape index (κ1) is 12.5. The number of benzene rings is 1. The lowest BCUT2D eigenvalue weighted by Gasteiger charge is -2.19. The van der Waals surface area contributed by atoms with Gasteiger partial charge < -0.3 is 4.74 Å². The van der Waals surface area contributed by atoms with Crippen LogP contribution in [0.5, 0.6) is 0 Å². The first-order valence-electron chi connectivity index (χ1n) is 5.50. The molecule has 1 aliphatic heterocycles. The summed E-state index contributed by atoms with van der Waals surface area (Å²) >= 11 is 3.39. The maximum Gasteiger partial charge on any atom is 0.175 e. The van der Waals surface area contributed by atoms with Gasteiger partial charge in [-0.3, -0.25) is 9.59 Å². The van der Waals surface area contributed by atoms with Crippen LogP contribution >= 0.6 is 15.9 Å². The molecule has 0 bridgehead atoms. The maximum absolute atomic E-state index is 12.2. The van der Waals surface area contributed by atoms with Gasteiger partial charge in [0.05, 0.1) is 13.2 Å². The zero-order valence-electron chi connectivity index (χ0n) is 9.53. The Bertz CT molecular complexity index is 468. The number of rotatable bonds is 2. The van der Waals surface area contributed by atoms with Gasteiger partial charge in [0.2, 0.25) is 0 Å². The normalized spacial score (nSPS) is 20.4. The summed E-state index contributed by atoms with van der Waals surface area (Å²) in [5.41, 5.74) is 1.62. The fraction of sp³-hybridized carbons (Fsp3) is 0.385. The van der Waals surface area contributed by atoms with E-state index in [0.29, 0.717) is 18.6 Å². The predicted molar refractivity (Wildman–Crippen MR) is 67.1 cm³/mol. The molecule has 0 aliphatic carbocycles. The molecule has 1 fully saturated rings. The van der Waals surface area contributed by atoms with E-state index in [1.54, 1.807) is 12.1 Å². The molecule has 0 aromatic heterocycles. The average molecular weight is 297 g/mol. The summed E-state index contributed by atoms with van der Waals surface area (Å²) in [4.78, 5) is 23.8. The van der Waals surface area contributed by atoms with Crippen molar-refractivity contribution in [1.29, 1.82) is 0 Å². The molecule has 17 heavy (non-hydrogen) atoms. The SMILES string of the molecule is Cc1ccc(C(=O)C2COCCC2=O)cc1Br. The highest BCUT2D eigenvalue weighted by molar-refractivity contribution is 9.10. The van der Waals surface area contributed by atoms with E-state index in [1.807, 2.05) is 13.0 Å². The number of carbonyl (C=O) groups excluding carboxylic acids is 2. The fourth-order valence-electron chi connectivity index (χ4n) is 1.81. The Morgan fingerprint density at radius 1 is 1.47 bits per heavy atom. The highest BCUT2D eigenvalue weighted by Gasteiger charge is 2.30. The zero-order valence-corrected chi connectivity index (χ0v) is 11.1. The van der Waals surface area contributed by atoms with Crippen LogP contribution < -0.4 is 0 Å². The van der Waals surface area contributed by atoms with Gasteiger partial charge in [0, 0.05) is 16.5 Å². The Morgan fingerprint density at radius 3 is 2.88 bits per heavy atom. The topological polar surface area (TPSA) is 43.4 Å². The van der Waals surface area contributed by atoms with Crippen molar-refractivity contribution in [3.05, 3.63) is 33.8 Å². The second-order valence-electron chi connectivity index (χ2n) is 4.17. The molecule has 1 unspecified atom stereocenters. The molecule has 3 nitrogen and oxygen atoms in total. The Kier molecular flexibility index (Phi) is 3.74. The molecule has 4 heteroatoms. The number of ether oxygens (including phenoxy) is 1. The molecule has 0 N–H and O–H groups in total. The largest absolute Gasteiger partial charge is 0.380 e. The third-order valence-corrected chi connectivity index (χ3v) is 3.79. The average Bonchev–Trinajstić information content (AvgIpc) is 2.32. The highest BCUT2D eigenvalue weighted by Crippen LogP contribution is 2.21. The Balaban J connectivity index is 2.24. The molecule has 1 aromatic rings. The van der Waals surface area contributed by atoms with Crippen molar-refractivity contribution in [1.82, 2.24) is 0 Å². The summed E-state index contributed by atoms with van der Waals surface area (Å²) in [6.45, 7) is 2.59. The number of hydrogen-bond acceptors (Lipinski definition) is 3. The van der Waals surface area contributed by atoms with Crippen molar-refractivity contribution in [3.8, 4) is 0 Å². The molecule has 1 aliphatic rings. The van der Waals surface area contributed by atoms with Gasteiger partial charge in [0.15, 0.2) is 5.78 Å². The van der Waals surface area contributed by atoms with Gasteiger partial charge in [0.25, 0.3) is 0 Å². The standard InChI is InChI=1S/C13H13BrO3/c1-8-2-3-9(6-11(8)14)13(16)10-7-17-5-4-12(10)15/h2-3,6,10H,4-5,7H2,1H3. The number of aryl methyl sites for hydroxylation is 1. The van der Waals surface area contributed by atoms with Crippen LogP contribution in [0.2, 0.25) is 0 Å². The summed E-state index contributed by atoms with van der Waals surface area (Å²) in [6.07, 6.45) is 0.337. The van der Waals surface area contributed by atoms with E-state index < -0.39 is 5.92 Å². The Labute approximate surface area is 108 Å². The summed E-state index contributed by atoms with van der Waals surface area (Å²) in [6, 6.07) is 5.38. The molecule has 0 amide bonds. The number of carbonyl (C=O) groups is 2. The fourth-order valence-corrected chi connectivity index (χ4v) is 2.19. The number of hydrogen-bond donors (Lipinski definition) is 0. The maximum atomic E-state index is 12.2. The van der Waals surface area contributed by atoms with Crippen molar-refractivity contribution < 1.29 is 14.3 Å². The van der Waals surface area contributed by atoms with Crippen LogP contribution in [0.4, 0.5) is 0 Å². The van der Waals surface area contributed by atoms with Gasteiger partial charge in [-0.05, 0) is 18.6 Å². The second-order valence-corrected chi connectivity index (χ2v) is 5.03. The van der Waals surface area contributed by atoms with Crippen LogP contribution in [0.1, 0.15) is 22.3 Å². The minimum absolute atomic E-state index is 0.0158. The van der Waals surface area contributed by atoms with Gasteiger partial charge in [-0.15, -0.1) is 0 Å². The summed E-state index contributed by atoms with van der Waals surface area (Å²) in [5.74, 6) is -0.785. The first-order valence-corrected chi connectivity index (χ1v) is 6.29. The zero-order chi connectivity index (χ0) is 12.4. The van der Waals surface area contributed by atoms with Crippen molar-refractivity contribution in [3.63, 3.8) is 0 Å². The monoisotopic (exact) mass is 296 g/mol. The van der Waals surface area contributed by atoms with E-state index in [-0.39, 0.29) is 18.2 Å². The smallest absolute Gasteiger partial charge is 0.175 e. The quantitative estimate of drug-likeness (QED) is 0.622. The lowest BCUT2D eigenvalue weighted by molar-refractivity contribution is -0.128. The molecule has 90 valence electrons. The van der Waals surface area contributed by atoms with Crippen LogP contribution in [0.15, 0.2) is 22.7 Å². The van der Waals surface area contributed by atoms with Crippen LogP contribution in [-0.2, 0) is 9.53 Å². The second kappa shape index (κ2) is 5.10. The Hall–Kier alpha value is -1.00. The molecule has 0 radical (unpaired) electrons. The van der Waals surface area contributed by atoms with E-state index in [2.05, 4.69) is 15.9 Å². The lowest BCUT2D eigenvalue weighted by Crippen LogP contribution is -2.33. The van der Waals surface area contributed by atoms with Crippen LogP contribution in [0.3, 0.4) is 0 Å². The lowest BCUT2D eigenvalue weighted by atomic mass is 9.91. The first-order chi connectivity index (χ1) is 8.09. The third kappa shape index (κ3) is 2.64. The minimum Gasteiger partial charge on any atom is -0.380 e. The van der Waals surface area contributed by atoms with Crippen LogP contribution in [-0.4, -0.2) is 24.8 Å². The van der Waals surface area contributed by atoms with Crippen molar-refractivity contribution in [2.45, 2.75) is 13.3 Å². The van der Waals surface area contributed by atoms with Crippen LogP contribution in [0.25, 0.3) is 0 Å². The molecular formula is C13H13BrO3. The summed E-state index contributed by atoms with van der Waals surface area (Å²) in [7, 11) is 0. The summed E-state index contributed by atoms with van der Waals surface area (Å²) < 4.78 is 6.08. The van der Waals surface area contributed by atoms with Gasteiger partial charge in [0.1, 0.15) is 11.7 Å². The van der Waals surface area contributed by atoms with Crippen LogP contribution in [0, 0.1) is 12.8 Å². The van der Waals surface area contributed by atoms with Gasteiger partial charge in [-0.25, -0.2) is 0 Å². The van der Waals surface area contributed by atoms with Crippen molar-refractivity contribution in [2.24, 2.45) is 5.92 Å². The minimum atomic E-state index is -0.627. The number of ketones is 2. The molecule has 1 atom stereocenters. The van der Waals surface area contributed by atoms with Gasteiger partial charge in [-0.2, -0.15) is 0 Å². The number of Topliss-reactive ketones (excluding diaryl/α,β-unsaturated/α-hetero) is 2. The van der Waals surface area contributed by atoms with Crippen molar-refractivity contribution in [2.75, 3.05) is 13.2 Å². The van der Waals surface area contributed by atoms with E-state index in [4.69, 9.17) is 4.74 Å². The molecule has 1 heterocycles. The van der Waals surface area contributed by atoms with E-state index in [1.165, 1.54) is 0 Å². The third-order valence-electron chi connectivity index (χ3n) is 2.94. The van der Waals surface area contributed by atoms with Crippen molar-refractivity contribution >= 4 is 27.5 Å². The predicted octanol–water partition coefficient (Wildman–Crippen LogP) is 2.55. The van der Waals surface area contributed by atoms with E-state index >= 15 is 0 Å². The molecule has 2 rings (SSSR count). The number of halogens is 1. The molecule has 1 aromatic carbocycles. The van der Waals surface area contributed by atoms with E-state index in [0.717, 1.165) is 10.0 Å². The highest BCUT2D eigenvalue weighted by atomic mass is 79.9. The molecule has 0 spiro atoms. The molecular weight excluding hydrogens is 284 g/mol. The van der Waals surface area contributed by atoms with Gasteiger partial charge in [-0.1, -0.05) is 28.1 Å². The van der Waals surface area contributed by atoms with Gasteiger partial charge >= 0.3 is 0 Å². The van der Waals surface area contributed by atoms with E-state index in [9.17, 15) is 9.59 Å². The Morgan fingerprint density at radius 2 is 2.24 bits per heavy atom. The molecule has 1 saturated heterocycles. The summed E-state index contributed by atoms with van der Waals surface area (Å²) in [5, 5.41) is 0.